The van der Waals surface area contributed by atoms with Gasteiger partial charge in [-0.1, -0.05) is 24.9 Å². The lowest BCUT2D eigenvalue weighted by Gasteiger charge is -2.39. The van der Waals surface area contributed by atoms with Crippen molar-refractivity contribution in [1.29, 1.82) is 0 Å². The molecule has 1 amide bonds. The average molecular weight is 453 g/mol. The molecule has 4 rings (SSSR count). The van der Waals surface area contributed by atoms with Gasteiger partial charge in [0.2, 0.25) is 5.95 Å². The highest BCUT2D eigenvalue weighted by molar-refractivity contribution is 6.32. The third-order valence-corrected chi connectivity index (χ3v) is 6.60. The van der Waals surface area contributed by atoms with E-state index in [1.54, 1.807) is 31.5 Å². The summed E-state index contributed by atoms with van der Waals surface area (Å²) in [4.78, 5) is 22.6. The Labute approximate surface area is 186 Å². The van der Waals surface area contributed by atoms with Gasteiger partial charge in [0.1, 0.15) is 23.1 Å². The van der Waals surface area contributed by atoms with E-state index < -0.39 is 23.9 Å². The van der Waals surface area contributed by atoms with Crippen LogP contribution >= 0.6 is 11.6 Å². The van der Waals surface area contributed by atoms with Crippen LogP contribution in [0.2, 0.25) is 5.15 Å². The monoisotopic (exact) mass is 452 g/mol. The number of hydrogen-bond donors (Lipinski definition) is 1. The summed E-state index contributed by atoms with van der Waals surface area (Å²) < 4.78 is 22.0. The minimum Gasteiger partial charge on any atom is -0.444 e. The molecule has 2 fully saturated rings. The Kier molecular flexibility index (Phi) is 5.74. The lowest BCUT2D eigenvalue weighted by atomic mass is 9.66. The van der Waals surface area contributed by atoms with Gasteiger partial charge in [-0.2, -0.15) is 0 Å². The molecule has 2 aliphatic rings. The van der Waals surface area contributed by atoms with E-state index in [0.717, 1.165) is 31.5 Å². The molecule has 8 nitrogen and oxygen atoms in total. The number of rotatable bonds is 4. The minimum atomic E-state index is -1.26. The number of hydrogen-bond acceptors (Lipinski definition) is 6. The highest BCUT2D eigenvalue weighted by Crippen LogP contribution is 2.46. The lowest BCUT2D eigenvalue weighted by Crippen LogP contribution is -2.51. The van der Waals surface area contributed by atoms with Gasteiger partial charge >= 0.3 is 6.09 Å². The number of carbonyl (C=O) groups is 1. The van der Waals surface area contributed by atoms with Crippen LogP contribution in [-0.4, -0.2) is 61.5 Å². The molecule has 1 N–H and O–H groups in total. The van der Waals surface area contributed by atoms with Crippen LogP contribution < -0.4 is 5.32 Å². The number of halogens is 2. The van der Waals surface area contributed by atoms with Crippen LogP contribution in [0.4, 0.5) is 15.1 Å². The maximum absolute atomic E-state index is 14.9. The van der Waals surface area contributed by atoms with E-state index in [0.29, 0.717) is 29.6 Å². The second kappa shape index (κ2) is 8.07. The molecule has 0 unspecified atom stereocenters. The Morgan fingerprint density at radius 1 is 1.42 bits per heavy atom. The molecule has 10 heteroatoms. The van der Waals surface area contributed by atoms with Crippen molar-refractivity contribution in [2.24, 2.45) is 0 Å². The summed E-state index contributed by atoms with van der Waals surface area (Å²) in [7, 11) is 0. The standard InChI is InChI=1S/C21H30ClFN6O2/c1-5-21(8-6-9-21)17-26-16(22)15-11-24-18(27-29(15)17)25-14-7-10-28(12-13(14)23)19(30)31-20(2,3)4/h11,13-14H,5-10,12H2,1-4H3,(H,25,27)/t13-,14+/m1/s1. The van der Waals surface area contributed by atoms with Crippen molar-refractivity contribution in [1.82, 2.24) is 24.5 Å². The van der Waals surface area contributed by atoms with Crippen molar-refractivity contribution in [2.45, 2.75) is 83.0 Å². The molecule has 2 atom stereocenters. The first-order valence-electron chi connectivity index (χ1n) is 10.9. The highest BCUT2D eigenvalue weighted by atomic mass is 35.5. The van der Waals surface area contributed by atoms with Gasteiger partial charge in [-0.05, 0) is 46.5 Å². The van der Waals surface area contributed by atoms with Crippen molar-refractivity contribution in [3.63, 3.8) is 0 Å². The average Bonchev–Trinajstić information content (AvgIpc) is 2.98. The summed E-state index contributed by atoms with van der Waals surface area (Å²) in [5, 5.41) is 8.09. The number of likely N-dealkylation sites (tertiary alicyclic amines) is 1. The highest BCUT2D eigenvalue weighted by Gasteiger charge is 2.41. The Morgan fingerprint density at radius 2 is 2.16 bits per heavy atom. The zero-order chi connectivity index (χ0) is 22.4. The number of piperidine rings is 1. The van der Waals surface area contributed by atoms with Crippen molar-refractivity contribution >= 4 is 29.2 Å². The van der Waals surface area contributed by atoms with Gasteiger partial charge in [0.05, 0.1) is 18.8 Å². The molecule has 0 aromatic carbocycles. The lowest BCUT2D eigenvalue weighted by molar-refractivity contribution is 0.0125. The largest absolute Gasteiger partial charge is 0.444 e. The molecule has 0 bridgehead atoms. The van der Waals surface area contributed by atoms with Gasteiger partial charge < -0.3 is 15.0 Å². The third-order valence-electron chi connectivity index (χ3n) is 6.32. The van der Waals surface area contributed by atoms with Crippen LogP contribution in [0.1, 0.15) is 65.6 Å². The van der Waals surface area contributed by atoms with E-state index in [-0.39, 0.29) is 12.0 Å². The second-order valence-electron chi connectivity index (χ2n) is 9.57. The number of amides is 1. The van der Waals surface area contributed by atoms with E-state index in [1.165, 1.54) is 4.90 Å². The number of carbonyl (C=O) groups excluding carboxylic acids is 1. The number of alkyl halides is 1. The molecule has 0 spiro atoms. The minimum absolute atomic E-state index is 0.0109. The number of fused-ring (bicyclic) bond motifs is 1. The molecular formula is C21H30ClFN6O2. The fourth-order valence-electron chi connectivity index (χ4n) is 4.32. The molecular weight excluding hydrogens is 423 g/mol. The van der Waals surface area contributed by atoms with Gasteiger partial charge in [-0.15, -0.1) is 5.10 Å². The molecule has 1 saturated carbocycles. The summed E-state index contributed by atoms with van der Waals surface area (Å²) in [5.41, 5.74) is 0.0307. The smallest absolute Gasteiger partial charge is 0.410 e. The number of ether oxygens (including phenoxy) is 1. The van der Waals surface area contributed by atoms with Crippen LogP contribution in [0.15, 0.2) is 6.20 Å². The zero-order valence-electron chi connectivity index (χ0n) is 18.5. The molecule has 170 valence electrons. The van der Waals surface area contributed by atoms with Crippen LogP contribution in [0.3, 0.4) is 0 Å². The molecule has 2 aromatic heterocycles. The number of aromatic nitrogens is 4. The summed E-state index contributed by atoms with van der Waals surface area (Å²) in [5.74, 6) is 1.18. The first kappa shape index (κ1) is 22.0. The van der Waals surface area contributed by atoms with Crippen LogP contribution in [0.5, 0.6) is 0 Å². The Balaban J connectivity index is 1.49. The van der Waals surface area contributed by atoms with Gasteiger partial charge in [-0.25, -0.2) is 23.7 Å². The van der Waals surface area contributed by atoms with Gasteiger partial charge in [-0.3, -0.25) is 0 Å². The molecule has 1 saturated heterocycles. The first-order chi connectivity index (χ1) is 14.6. The van der Waals surface area contributed by atoms with Crippen LogP contribution in [-0.2, 0) is 10.2 Å². The zero-order valence-corrected chi connectivity index (χ0v) is 19.2. The van der Waals surface area contributed by atoms with E-state index in [2.05, 4.69) is 27.3 Å². The quantitative estimate of drug-likeness (QED) is 0.741. The number of anilines is 1. The number of nitrogens with zero attached hydrogens (tertiary/aromatic N) is 5. The van der Waals surface area contributed by atoms with E-state index in [9.17, 15) is 9.18 Å². The molecule has 1 aliphatic carbocycles. The van der Waals surface area contributed by atoms with Crippen molar-refractivity contribution < 1.29 is 13.9 Å². The summed E-state index contributed by atoms with van der Waals surface area (Å²) in [6.45, 7) is 7.90. The van der Waals surface area contributed by atoms with Crippen LogP contribution in [0.25, 0.3) is 5.52 Å². The van der Waals surface area contributed by atoms with Crippen molar-refractivity contribution in [3.05, 3.63) is 17.2 Å². The Morgan fingerprint density at radius 3 is 2.74 bits per heavy atom. The Bertz CT molecular complexity index is 965. The van der Waals surface area contributed by atoms with Crippen molar-refractivity contribution in [3.8, 4) is 0 Å². The number of imidazole rings is 1. The van der Waals surface area contributed by atoms with Gasteiger partial charge in [0.25, 0.3) is 0 Å². The normalized spacial score (nSPS) is 23.5. The third kappa shape index (κ3) is 4.29. The predicted molar refractivity (Wildman–Crippen MR) is 116 cm³/mol. The maximum atomic E-state index is 14.9. The SMILES string of the molecule is CCC1(c2nc(Cl)c3cnc(N[C@H]4CCN(C(=O)OC(C)(C)C)C[C@H]4F)nn23)CCC1. The first-order valence-corrected chi connectivity index (χ1v) is 11.3. The summed E-state index contributed by atoms with van der Waals surface area (Å²) in [6.07, 6.45) is 4.54. The van der Waals surface area contributed by atoms with Gasteiger partial charge in [0, 0.05) is 12.0 Å². The Hall–Kier alpha value is -2.16. The van der Waals surface area contributed by atoms with Crippen molar-refractivity contribution in [2.75, 3.05) is 18.4 Å². The van der Waals surface area contributed by atoms with E-state index in [4.69, 9.17) is 16.3 Å². The summed E-state index contributed by atoms with van der Waals surface area (Å²) in [6, 6.07) is -0.498. The topological polar surface area (TPSA) is 84.7 Å². The summed E-state index contributed by atoms with van der Waals surface area (Å²) >= 11 is 6.34. The molecule has 31 heavy (non-hydrogen) atoms. The molecule has 3 heterocycles. The number of nitrogens with one attached hydrogen (secondary N) is 1. The van der Waals surface area contributed by atoms with E-state index >= 15 is 0 Å². The van der Waals surface area contributed by atoms with E-state index in [1.807, 2.05) is 0 Å². The fourth-order valence-corrected chi connectivity index (χ4v) is 4.53. The van der Waals surface area contributed by atoms with Gasteiger partial charge in [0.15, 0.2) is 5.15 Å². The maximum Gasteiger partial charge on any atom is 0.410 e. The molecule has 1 aliphatic heterocycles. The predicted octanol–water partition coefficient (Wildman–Crippen LogP) is 4.37. The molecule has 2 aromatic rings. The van der Waals surface area contributed by atoms with Crippen LogP contribution in [0, 0.1) is 0 Å². The second-order valence-corrected chi connectivity index (χ2v) is 9.93. The fraction of sp³-hybridized carbons (Fsp3) is 0.714. The molecule has 0 radical (unpaired) electrons.